The SMILES string of the molecule is C1=CC2Sc3ccccc3[S+](c3ccccc3)C2C=C1.F[P-](F)(F)(F)(F)F. The van der Waals surface area contributed by atoms with Gasteiger partial charge >= 0.3 is 33.0 Å². The molecule has 27 heavy (non-hydrogen) atoms. The summed E-state index contributed by atoms with van der Waals surface area (Å²) in [5, 5.41) is 1.15. The molecule has 1 heterocycles. The first kappa shape index (κ1) is 20.4. The molecule has 0 bridgehead atoms. The van der Waals surface area contributed by atoms with E-state index in [0.29, 0.717) is 10.5 Å². The normalized spacial score (nSPS) is 25.9. The Balaban J connectivity index is 0.000000260. The molecule has 0 amide bonds. The number of hydrogen-bond donors (Lipinski definition) is 0. The topological polar surface area (TPSA) is 0 Å². The summed E-state index contributed by atoms with van der Waals surface area (Å²) in [5.74, 6) is 0. The number of hydrogen-bond acceptors (Lipinski definition) is 1. The van der Waals surface area contributed by atoms with Crippen molar-refractivity contribution in [3.8, 4) is 0 Å². The third kappa shape index (κ3) is 6.33. The van der Waals surface area contributed by atoms with Crippen molar-refractivity contribution >= 4 is 30.5 Å². The summed E-state index contributed by atoms with van der Waals surface area (Å²) in [5.41, 5.74) is 0. The van der Waals surface area contributed by atoms with Crippen molar-refractivity contribution in [3.05, 3.63) is 78.9 Å². The van der Waals surface area contributed by atoms with Crippen LogP contribution in [0.25, 0.3) is 0 Å². The van der Waals surface area contributed by atoms with E-state index in [0.717, 1.165) is 0 Å². The minimum atomic E-state index is -10.7. The molecule has 9 heteroatoms. The van der Waals surface area contributed by atoms with Crippen molar-refractivity contribution in [1.82, 2.24) is 0 Å². The Bertz CT molecular complexity index is 866. The van der Waals surface area contributed by atoms with Gasteiger partial charge < -0.3 is 0 Å². The van der Waals surface area contributed by atoms with Gasteiger partial charge in [-0.1, -0.05) is 48.6 Å². The fraction of sp³-hybridized carbons (Fsp3) is 0.111. The summed E-state index contributed by atoms with van der Waals surface area (Å²) in [6, 6.07) is 19.9. The predicted molar refractivity (Wildman–Crippen MR) is 102 cm³/mol. The third-order valence-electron chi connectivity index (χ3n) is 3.65. The second-order valence-electron chi connectivity index (χ2n) is 5.87. The van der Waals surface area contributed by atoms with Gasteiger partial charge in [-0.05, 0) is 30.3 Å². The standard InChI is InChI=1S/C18H15S2.F6P/c1-2-8-14(9-3-1)20-17-12-6-4-10-15(17)19-16-11-5-7-13-18(16)20;1-7(2,3,4,5)6/h1-13,15,17H;/q+1;-1. The number of fused-ring (bicyclic) bond motifs is 2. The van der Waals surface area contributed by atoms with E-state index in [1.807, 2.05) is 11.8 Å². The summed E-state index contributed by atoms with van der Waals surface area (Å²) in [6.07, 6.45) is 9.14. The Hall–Kier alpha value is -1.37. The maximum atomic E-state index is 9.87. The molecular formula is C18H15F6PS2. The van der Waals surface area contributed by atoms with E-state index in [-0.39, 0.29) is 10.9 Å². The molecule has 2 aromatic rings. The van der Waals surface area contributed by atoms with E-state index < -0.39 is 7.81 Å². The fourth-order valence-electron chi connectivity index (χ4n) is 2.76. The molecule has 0 spiro atoms. The van der Waals surface area contributed by atoms with Gasteiger partial charge in [0.2, 0.25) is 0 Å². The summed E-state index contributed by atoms with van der Waals surface area (Å²) < 4.78 is 59.2. The van der Waals surface area contributed by atoms with Gasteiger partial charge in [0.05, 0.1) is 21.0 Å². The van der Waals surface area contributed by atoms with Crippen LogP contribution in [0.5, 0.6) is 0 Å². The Morgan fingerprint density at radius 2 is 1.30 bits per heavy atom. The molecule has 0 saturated carbocycles. The predicted octanol–water partition coefficient (Wildman–Crippen LogP) is 8.07. The van der Waals surface area contributed by atoms with Crippen molar-refractivity contribution in [2.24, 2.45) is 0 Å². The van der Waals surface area contributed by atoms with Crippen molar-refractivity contribution in [1.29, 1.82) is 0 Å². The molecule has 0 N–H and O–H groups in total. The van der Waals surface area contributed by atoms with Gasteiger partial charge in [0.25, 0.3) is 0 Å². The monoisotopic (exact) mass is 440 g/mol. The first-order chi connectivity index (χ1) is 12.4. The van der Waals surface area contributed by atoms with E-state index in [1.54, 1.807) is 0 Å². The maximum absolute atomic E-state index is 10.7. The Morgan fingerprint density at radius 3 is 1.96 bits per heavy atom. The van der Waals surface area contributed by atoms with Crippen LogP contribution in [0.2, 0.25) is 0 Å². The van der Waals surface area contributed by atoms with Crippen LogP contribution >= 0.6 is 19.6 Å². The summed E-state index contributed by atoms with van der Waals surface area (Å²) in [7, 11) is -10.5. The number of halogens is 6. The van der Waals surface area contributed by atoms with Gasteiger partial charge in [-0.3, -0.25) is 0 Å². The van der Waals surface area contributed by atoms with E-state index in [1.165, 1.54) is 14.7 Å². The minimum absolute atomic E-state index is 0.142. The van der Waals surface area contributed by atoms with Gasteiger partial charge in [-0.2, -0.15) is 0 Å². The molecule has 0 nitrogen and oxygen atoms in total. The quantitative estimate of drug-likeness (QED) is 0.245. The third-order valence-corrected chi connectivity index (χ3v) is 7.89. The van der Waals surface area contributed by atoms with E-state index >= 15 is 0 Å². The van der Waals surface area contributed by atoms with Crippen LogP contribution in [0.1, 0.15) is 0 Å². The number of rotatable bonds is 1. The van der Waals surface area contributed by atoms with E-state index in [2.05, 4.69) is 78.9 Å². The van der Waals surface area contributed by atoms with Crippen LogP contribution in [0.4, 0.5) is 25.2 Å². The van der Waals surface area contributed by atoms with Crippen molar-refractivity contribution < 1.29 is 25.2 Å². The molecule has 1 aliphatic carbocycles. The molecule has 0 aromatic heterocycles. The first-order valence-corrected chi connectivity index (χ1v) is 12.0. The molecule has 146 valence electrons. The zero-order valence-corrected chi connectivity index (χ0v) is 16.2. The Labute approximate surface area is 159 Å². The second-order valence-corrected chi connectivity index (χ2v) is 11.1. The molecule has 4 rings (SSSR count). The molecule has 1 aliphatic heterocycles. The molecule has 0 radical (unpaired) electrons. The van der Waals surface area contributed by atoms with Crippen LogP contribution in [-0.2, 0) is 10.9 Å². The summed E-state index contributed by atoms with van der Waals surface area (Å²) in [6.45, 7) is 0. The van der Waals surface area contributed by atoms with Gasteiger partial charge in [0.15, 0.2) is 15.0 Å². The Morgan fingerprint density at radius 1 is 0.741 bits per heavy atom. The molecular weight excluding hydrogens is 425 g/mol. The number of benzene rings is 2. The zero-order valence-electron chi connectivity index (χ0n) is 13.7. The molecule has 2 aliphatic rings. The molecule has 0 saturated heterocycles. The molecule has 3 atom stereocenters. The fourth-order valence-corrected chi connectivity index (χ4v) is 7.13. The van der Waals surface area contributed by atoms with Crippen molar-refractivity contribution in [3.63, 3.8) is 0 Å². The Kier molecular flexibility index (Phi) is 4.98. The van der Waals surface area contributed by atoms with Crippen molar-refractivity contribution in [2.75, 3.05) is 0 Å². The van der Waals surface area contributed by atoms with Crippen LogP contribution < -0.4 is 0 Å². The average molecular weight is 440 g/mol. The van der Waals surface area contributed by atoms with Crippen LogP contribution in [0.3, 0.4) is 0 Å². The summed E-state index contributed by atoms with van der Waals surface area (Å²) >= 11 is 2.01. The van der Waals surface area contributed by atoms with Crippen LogP contribution in [0, 0.1) is 0 Å². The van der Waals surface area contributed by atoms with E-state index in [4.69, 9.17) is 0 Å². The van der Waals surface area contributed by atoms with Crippen LogP contribution in [0.15, 0.2) is 93.6 Å². The zero-order chi connectivity index (χ0) is 19.8. The van der Waals surface area contributed by atoms with Gasteiger partial charge in [0, 0.05) is 0 Å². The molecule has 2 aromatic carbocycles. The number of thioether (sulfide) groups is 1. The van der Waals surface area contributed by atoms with Gasteiger partial charge in [0.1, 0.15) is 0 Å². The van der Waals surface area contributed by atoms with Gasteiger partial charge in [-0.15, -0.1) is 11.8 Å². The van der Waals surface area contributed by atoms with Gasteiger partial charge in [-0.25, -0.2) is 0 Å². The molecule has 0 fully saturated rings. The van der Waals surface area contributed by atoms with Crippen molar-refractivity contribution in [2.45, 2.75) is 25.2 Å². The summed E-state index contributed by atoms with van der Waals surface area (Å²) in [4.78, 5) is 4.40. The molecule has 3 unspecified atom stereocenters. The average Bonchev–Trinajstić information content (AvgIpc) is 2.57. The van der Waals surface area contributed by atoms with E-state index in [9.17, 15) is 25.2 Å². The van der Waals surface area contributed by atoms with Crippen LogP contribution in [-0.4, -0.2) is 10.5 Å². The second kappa shape index (κ2) is 6.61. The first-order valence-electron chi connectivity index (χ1n) is 7.84. The number of allylic oxidation sites excluding steroid dienone is 2.